The fourth-order valence-corrected chi connectivity index (χ4v) is 4.47. The highest BCUT2D eigenvalue weighted by Crippen LogP contribution is 2.31. The summed E-state index contributed by atoms with van der Waals surface area (Å²) < 4.78 is 30.5. The average molecular weight is 310 g/mol. The van der Waals surface area contributed by atoms with E-state index in [1.54, 1.807) is 24.3 Å². The van der Waals surface area contributed by atoms with E-state index in [4.69, 9.17) is 4.74 Å². The lowest BCUT2D eigenvalue weighted by Gasteiger charge is -2.13. The molecule has 0 amide bonds. The van der Waals surface area contributed by atoms with Crippen LogP contribution in [0.15, 0.2) is 29.2 Å². The summed E-state index contributed by atoms with van der Waals surface area (Å²) in [5.41, 5.74) is 1.03. The van der Waals surface area contributed by atoms with Crippen molar-refractivity contribution in [1.29, 1.82) is 0 Å². The van der Waals surface area contributed by atoms with Gasteiger partial charge in [0, 0.05) is 12.8 Å². The monoisotopic (exact) mass is 310 g/mol. The molecule has 116 valence electrons. The number of sulfone groups is 1. The molecular formula is C16H22O4S. The number of hydrogen-bond donors (Lipinski definition) is 0. The SMILES string of the molecule is CCCC(=O)O[C@@H]1CC[C@H](S(=O)(=O)c2ccc(C)cc2)C1. The number of carbonyl (C=O) groups excluding carboxylic acids is 1. The maximum absolute atomic E-state index is 12.6. The smallest absolute Gasteiger partial charge is 0.306 e. The van der Waals surface area contributed by atoms with E-state index in [9.17, 15) is 13.2 Å². The third-order valence-corrected chi connectivity index (χ3v) is 6.11. The van der Waals surface area contributed by atoms with Crippen molar-refractivity contribution in [3.05, 3.63) is 29.8 Å². The summed E-state index contributed by atoms with van der Waals surface area (Å²) in [6.07, 6.45) is 2.48. The Bertz CT molecular complexity index is 589. The molecule has 5 heteroatoms. The van der Waals surface area contributed by atoms with Crippen LogP contribution in [0.25, 0.3) is 0 Å². The second-order valence-electron chi connectivity index (χ2n) is 5.65. The Balaban J connectivity index is 2.03. The molecule has 1 aliphatic rings. The van der Waals surface area contributed by atoms with E-state index in [-0.39, 0.29) is 12.1 Å². The number of benzene rings is 1. The molecule has 0 N–H and O–H groups in total. The number of esters is 1. The van der Waals surface area contributed by atoms with Crippen LogP contribution < -0.4 is 0 Å². The van der Waals surface area contributed by atoms with E-state index in [1.807, 2.05) is 13.8 Å². The van der Waals surface area contributed by atoms with Crippen molar-refractivity contribution >= 4 is 15.8 Å². The van der Waals surface area contributed by atoms with Crippen molar-refractivity contribution in [3.63, 3.8) is 0 Å². The van der Waals surface area contributed by atoms with Crippen LogP contribution in [0.3, 0.4) is 0 Å². The zero-order valence-electron chi connectivity index (χ0n) is 12.5. The van der Waals surface area contributed by atoms with Crippen LogP contribution in [0.4, 0.5) is 0 Å². The molecule has 1 aromatic carbocycles. The largest absolute Gasteiger partial charge is 0.462 e. The van der Waals surface area contributed by atoms with Gasteiger partial charge in [-0.3, -0.25) is 4.79 Å². The van der Waals surface area contributed by atoms with Gasteiger partial charge in [0.1, 0.15) is 6.10 Å². The molecule has 0 aromatic heterocycles. The van der Waals surface area contributed by atoms with E-state index in [2.05, 4.69) is 0 Å². The summed E-state index contributed by atoms with van der Waals surface area (Å²) in [5, 5.41) is -0.445. The molecule has 0 aliphatic heterocycles. The maximum Gasteiger partial charge on any atom is 0.306 e. The molecule has 0 spiro atoms. The first-order chi connectivity index (χ1) is 9.93. The molecule has 0 saturated heterocycles. The van der Waals surface area contributed by atoms with Gasteiger partial charge in [0.05, 0.1) is 10.1 Å². The molecule has 1 saturated carbocycles. The first-order valence-electron chi connectivity index (χ1n) is 7.43. The Hall–Kier alpha value is -1.36. The van der Waals surface area contributed by atoms with E-state index in [1.165, 1.54) is 0 Å². The third-order valence-electron chi connectivity index (χ3n) is 3.88. The summed E-state index contributed by atoms with van der Waals surface area (Å²) in [5.74, 6) is -0.226. The summed E-state index contributed by atoms with van der Waals surface area (Å²) in [7, 11) is -3.33. The molecule has 0 bridgehead atoms. The number of carbonyl (C=O) groups is 1. The summed E-state index contributed by atoms with van der Waals surface area (Å²) in [6.45, 7) is 3.84. The van der Waals surface area contributed by atoms with E-state index >= 15 is 0 Å². The number of hydrogen-bond acceptors (Lipinski definition) is 4. The summed E-state index contributed by atoms with van der Waals surface area (Å²) in [4.78, 5) is 11.9. The number of ether oxygens (including phenoxy) is 1. The van der Waals surface area contributed by atoms with Crippen molar-refractivity contribution < 1.29 is 17.9 Å². The fourth-order valence-electron chi connectivity index (χ4n) is 2.66. The van der Waals surface area contributed by atoms with Crippen LogP contribution >= 0.6 is 0 Å². The summed E-state index contributed by atoms with van der Waals surface area (Å²) in [6, 6.07) is 6.92. The van der Waals surface area contributed by atoms with Gasteiger partial charge in [-0.15, -0.1) is 0 Å². The highest BCUT2D eigenvalue weighted by molar-refractivity contribution is 7.92. The molecule has 1 fully saturated rings. The Morgan fingerprint density at radius 2 is 1.90 bits per heavy atom. The molecular weight excluding hydrogens is 288 g/mol. The van der Waals surface area contributed by atoms with Crippen LogP contribution in [0.5, 0.6) is 0 Å². The van der Waals surface area contributed by atoms with Gasteiger partial charge in [0.25, 0.3) is 0 Å². The number of aryl methyl sites for hydroxylation is 1. The van der Waals surface area contributed by atoms with Crippen molar-refractivity contribution in [1.82, 2.24) is 0 Å². The van der Waals surface area contributed by atoms with Crippen LogP contribution in [-0.4, -0.2) is 25.7 Å². The van der Waals surface area contributed by atoms with Crippen molar-refractivity contribution in [2.45, 2.75) is 62.2 Å². The lowest BCUT2D eigenvalue weighted by atomic mass is 10.2. The van der Waals surface area contributed by atoms with Gasteiger partial charge in [-0.2, -0.15) is 0 Å². The molecule has 0 heterocycles. The quantitative estimate of drug-likeness (QED) is 0.784. The Morgan fingerprint density at radius 3 is 2.52 bits per heavy atom. The van der Waals surface area contributed by atoms with Crippen LogP contribution in [0.1, 0.15) is 44.6 Å². The molecule has 0 unspecified atom stereocenters. The van der Waals surface area contributed by atoms with Gasteiger partial charge in [-0.25, -0.2) is 8.42 Å². The van der Waals surface area contributed by atoms with Crippen LogP contribution in [0.2, 0.25) is 0 Å². The summed E-state index contributed by atoms with van der Waals surface area (Å²) >= 11 is 0. The first kappa shape index (κ1) is 16.0. The molecule has 4 nitrogen and oxygen atoms in total. The van der Waals surface area contributed by atoms with Gasteiger partial charge in [0.15, 0.2) is 9.84 Å². The van der Waals surface area contributed by atoms with Crippen molar-refractivity contribution in [2.75, 3.05) is 0 Å². The Morgan fingerprint density at radius 1 is 1.24 bits per heavy atom. The molecule has 1 aliphatic carbocycles. The Kier molecular flexibility index (Phi) is 5.04. The zero-order valence-corrected chi connectivity index (χ0v) is 13.4. The van der Waals surface area contributed by atoms with Crippen LogP contribution in [-0.2, 0) is 19.4 Å². The van der Waals surface area contributed by atoms with Gasteiger partial charge in [-0.1, -0.05) is 24.6 Å². The van der Waals surface area contributed by atoms with Gasteiger partial charge in [-0.05, 0) is 38.3 Å². The van der Waals surface area contributed by atoms with E-state index < -0.39 is 15.1 Å². The fraction of sp³-hybridized carbons (Fsp3) is 0.562. The topological polar surface area (TPSA) is 60.4 Å². The van der Waals surface area contributed by atoms with Gasteiger partial charge < -0.3 is 4.74 Å². The standard InChI is InChI=1S/C16H22O4S/c1-3-4-16(17)20-13-7-10-15(11-13)21(18,19)14-8-5-12(2)6-9-14/h5-6,8-9,13,15H,3-4,7,10-11H2,1-2H3/t13-,15+/m1/s1. The van der Waals surface area contributed by atoms with Gasteiger partial charge in [0.2, 0.25) is 0 Å². The molecule has 21 heavy (non-hydrogen) atoms. The third kappa shape index (κ3) is 3.84. The van der Waals surface area contributed by atoms with Gasteiger partial charge >= 0.3 is 5.97 Å². The highest BCUT2D eigenvalue weighted by atomic mass is 32.2. The maximum atomic E-state index is 12.6. The average Bonchev–Trinajstić information content (AvgIpc) is 2.88. The first-order valence-corrected chi connectivity index (χ1v) is 8.98. The minimum atomic E-state index is -3.33. The molecule has 1 aromatic rings. The molecule has 0 radical (unpaired) electrons. The number of rotatable bonds is 5. The van der Waals surface area contributed by atoms with E-state index in [0.29, 0.717) is 30.6 Å². The predicted molar refractivity (Wildman–Crippen MR) is 80.8 cm³/mol. The van der Waals surface area contributed by atoms with Crippen LogP contribution in [0, 0.1) is 6.92 Å². The molecule has 2 atom stereocenters. The minimum absolute atomic E-state index is 0.226. The van der Waals surface area contributed by atoms with Crippen molar-refractivity contribution in [2.24, 2.45) is 0 Å². The highest BCUT2D eigenvalue weighted by Gasteiger charge is 2.36. The zero-order chi connectivity index (χ0) is 15.5. The van der Waals surface area contributed by atoms with E-state index in [0.717, 1.165) is 12.0 Å². The minimum Gasteiger partial charge on any atom is -0.462 e. The lowest BCUT2D eigenvalue weighted by Crippen LogP contribution is -2.21. The van der Waals surface area contributed by atoms with Crippen molar-refractivity contribution in [3.8, 4) is 0 Å². The second kappa shape index (κ2) is 6.60. The predicted octanol–water partition coefficient (Wildman–Crippen LogP) is 3.03. The second-order valence-corrected chi connectivity index (χ2v) is 7.88. The lowest BCUT2D eigenvalue weighted by molar-refractivity contribution is -0.148. The Labute approximate surface area is 126 Å². The normalized spacial score (nSPS) is 22.2. The molecule has 2 rings (SSSR count).